The summed E-state index contributed by atoms with van der Waals surface area (Å²) in [6.45, 7) is 1.76. The number of hydrogen-bond acceptors (Lipinski definition) is 2. The molecule has 0 aliphatic carbocycles. The topological polar surface area (TPSA) is 39.2 Å². The van der Waals surface area contributed by atoms with Gasteiger partial charge in [0.05, 0.1) is 12.3 Å². The molecule has 1 atom stereocenters. The molecule has 0 saturated heterocycles. The summed E-state index contributed by atoms with van der Waals surface area (Å²) in [5, 5.41) is 0. The molecule has 1 aromatic heterocycles. The number of halogens is 2. The fraction of sp³-hybridized carbons (Fsp3) is 0.167. The van der Waals surface area contributed by atoms with E-state index < -0.39 is 17.7 Å². The summed E-state index contributed by atoms with van der Waals surface area (Å²) in [5.41, 5.74) is 6.59. The largest absolute Gasteiger partial charge is 0.469 e. The molecule has 0 aliphatic heterocycles. The van der Waals surface area contributed by atoms with Gasteiger partial charge in [0.15, 0.2) is 11.6 Å². The van der Waals surface area contributed by atoms with Crippen LogP contribution in [0.25, 0.3) is 0 Å². The fourth-order valence-corrected chi connectivity index (χ4v) is 1.57. The van der Waals surface area contributed by atoms with Gasteiger partial charge in [0.1, 0.15) is 5.76 Å². The van der Waals surface area contributed by atoms with Gasteiger partial charge in [-0.3, -0.25) is 0 Å². The average Bonchev–Trinajstić information content (AvgIpc) is 2.68. The number of rotatable bonds is 2. The zero-order chi connectivity index (χ0) is 11.7. The predicted molar refractivity (Wildman–Crippen MR) is 55.8 cm³/mol. The van der Waals surface area contributed by atoms with Gasteiger partial charge in [-0.05, 0) is 19.1 Å². The Labute approximate surface area is 91.7 Å². The molecular weight excluding hydrogens is 212 g/mol. The minimum absolute atomic E-state index is 0.126. The molecule has 2 N–H and O–H groups in total. The lowest BCUT2D eigenvalue weighted by molar-refractivity contribution is 0.493. The molecule has 0 saturated carbocycles. The van der Waals surface area contributed by atoms with Crippen molar-refractivity contribution in [2.45, 2.75) is 13.0 Å². The normalized spacial score (nSPS) is 12.8. The van der Waals surface area contributed by atoms with E-state index in [0.29, 0.717) is 11.3 Å². The van der Waals surface area contributed by atoms with Gasteiger partial charge in [0.25, 0.3) is 0 Å². The first kappa shape index (κ1) is 10.8. The van der Waals surface area contributed by atoms with Crippen LogP contribution in [-0.2, 0) is 0 Å². The van der Waals surface area contributed by atoms with Crippen molar-refractivity contribution in [1.29, 1.82) is 0 Å². The van der Waals surface area contributed by atoms with E-state index in [9.17, 15) is 8.78 Å². The van der Waals surface area contributed by atoms with Crippen LogP contribution in [-0.4, -0.2) is 0 Å². The summed E-state index contributed by atoms with van der Waals surface area (Å²) in [6.07, 6.45) is 1.45. The third kappa shape index (κ3) is 1.84. The first-order valence-corrected chi connectivity index (χ1v) is 4.84. The number of furan rings is 1. The van der Waals surface area contributed by atoms with Crippen molar-refractivity contribution < 1.29 is 13.2 Å². The quantitative estimate of drug-likeness (QED) is 0.850. The summed E-state index contributed by atoms with van der Waals surface area (Å²) in [5.74, 6) is -1.12. The molecule has 1 aromatic carbocycles. The molecule has 0 fully saturated rings. The Balaban J connectivity index is 2.41. The molecular formula is C12H11F2NO. The smallest absolute Gasteiger partial charge is 0.163 e. The molecule has 0 amide bonds. The monoisotopic (exact) mass is 223 g/mol. The lowest BCUT2D eigenvalue weighted by Crippen LogP contribution is -2.13. The van der Waals surface area contributed by atoms with Gasteiger partial charge in [-0.1, -0.05) is 12.1 Å². The molecule has 0 radical (unpaired) electrons. The first-order chi connectivity index (χ1) is 7.59. The van der Waals surface area contributed by atoms with Crippen molar-refractivity contribution in [3.8, 4) is 0 Å². The molecule has 0 aliphatic rings. The highest BCUT2D eigenvalue weighted by Crippen LogP contribution is 2.24. The Morgan fingerprint density at radius 3 is 2.69 bits per heavy atom. The molecule has 16 heavy (non-hydrogen) atoms. The lowest BCUT2D eigenvalue weighted by atomic mass is 10.0. The Morgan fingerprint density at radius 1 is 1.31 bits per heavy atom. The Hall–Kier alpha value is -1.68. The highest BCUT2D eigenvalue weighted by atomic mass is 19.2. The van der Waals surface area contributed by atoms with Gasteiger partial charge in [-0.25, -0.2) is 8.78 Å². The van der Waals surface area contributed by atoms with Crippen LogP contribution >= 0.6 is 0 Å². The van der Waals surface area contributed by atoms with Gasteiger partial charge in [0, 0.05) is 11.1 Å². The van der Waals surface area contributed by atoms with Gasteiger partial charge in [0.2, 0.25) is 0 Å². The molecule has 84 valence electrons. The van der Waals surface area contributed by atoms with E-state index >= 15 is 0 Å². The lowest BCUT2D eigenvalue weighted by Gasteiger charge is -2.10. The third-order valence-electron chi connectivity index (χ3n) is 2.43. The van der Waals surface area contributed by atoms with Crippen molar-refractivity contribution in [2.75, 3.05) is 0 Å². The van der Waals surface area contributed by atoms with Crippen molar-refractivity contribution in [3.63, 3.8) is 0 Å². The van der Waals surface area contributed by atoms with Crippen LogP contribution in [0.2, 0.25) is 0 Å². The maximum atomic E-state index is 13.5. The summed E-state index contributed by atoms with van der Waals surface area (Å²) >= 11 is 0. The summed E-state index contributed by atoms with van der Waals surface area (Å²) in [4.78, 5) is 0. The van der Waals surface area contributed by atoms with Gasteiger partial charge in [-0.2, -0.15) is 0 Å². The standard InChI is InChI=1S/C12H11F2NO/c1-7-5-8(6-16-7)12(15)9-3-2-4-10(13)11(9)14/h2-6,12H,15H2,1H3. The number of benzene rings is 1. The molecule has 0 spiro atoms. The number of hydrogen-bond donors (Lipinski definition) is 1. The maximum absolute atomic E-state index is 13.5. The highest BCUT2D eigenvalue weighted by Gasteiger charge is 2.17. The van der Waals surface area contributed by atoms with Crippen LogP contribution in [0.1, 0.15) is 22.9 Å². The predicted octanol–water partition coefficient (Wildman–Crippen LogP) is 2.91. The molecule has 0 bridgehead atoms. The van der Waals surface area contributed by atoms with E-state index in [1.807, 2.05) is 0 Å². The van der Waals surface area contributed by atoms with Crippen LogP contribution in [0.5, 0.6) is 0 Å². The van der Waals surface area contributed by atoms with E-state index in [1.165, 1.54) is 18.4 Å². The van der Waals surface area contributed by atoms with Crippen LogP contribution in [0.4, 0.5) is 8.78 Å². The van der Waals surface area contributed by atoms with Crippen molar-refractivity contribution in [1.82, 2.24) is 0 Å². The SMILES string of the molecule is Cc1cc(C(N)c2cccc(F)c2F)co1. The molecule has 1 unspecified atom stereocenters. The summed E-state index contributed by atoms with van der Waals surface area (Å²) < 4.78 is 31.5. The van der Waals surface area contributed by atoms with Crippen LogP contribution < -0.4 is 5.73 Å². The number of aryl methyl sites for hydroxylation is 1. The second-order valence-electron chi connectivity index (χ2n) is 3.61. The first-order valence-electron chi connectivity index (χ1n) is 4.84. The van der Waals surface area contributed by atoms with E-state index in [-0.39, 0.29) is 5.56 Å². The number of nitrogens with two attached hydrogens (primary N) is 1. The van der Waals surface area contributed by atoms with E-state index in [2.05, 4.69) is 0 Å². The van der Waals surface area contributed by atoms with Gasteiger partial charge >= 0.3 is 0 Å². The Bertz CT molecular complexity index is 507. The fourth-order valence-electron chi connectivity index (χ4n) is 1.57. The van der Waals surface area contributed by atoms with Crippen molar-refractivity contribution in [3.05, 3.63) is 59.1 Å². The zero-order valence-electron chi connectivity index (χ0n) is 8.71. The summed E-state index contributed by atoms with van der Waals surface area (Å²) in [7, 11) is 0. The van der Waals surface area contributed by atoms with E-state index in [4.69, 9.17) is 10.2 Å². The van der Waals surface area contributed by atoms with E-state index in [0.717, 1.165) is 6.07 Å². The molecule has 2 nitrogen and oxygen atoms in total. The second-order valence-corrected chi connectivity index (χ2v) is 3.61. The maximum Gasteiger partial charge on any atom is 0.163 e. The summed E-state index contributed by atoms with van der Waals surface area (Å²) in [6, 6.07) is 4.95. The van der Waals surface area contributed by atoms with Crippen molar-refractivity contribution in [2.24, 2.45) is 5.73 Å². The molecule has 2 rings (SSSR count). The van der Waals surface area contributed by atoms with Gasteiger partial charge in [-0.15, -0.1) is 0 Å². The van der Waals surface area contributed by atoms with Crippen LogP contribution in [0.3, 0.4) is 0 Å². The molecule has 2 aromatic rings. The zero-order valence-corrected chi connectivity index (χ0v) is 8.71. The minimum Gasteiger partial charge on any atom is -0.469 e. The second kappa shape index (κ2) is 4.06. The third-order valence-corrected chi connectivity index (χ3v) is 2.43. The molecule has 4 heteroatoms. The average molecular weight is 223 g/mol. The van der Waals surface area contributed by atoms with Crippen LogP contribution in [0, 0.1) is 18.6 Å². The highest BCUT2D eigenvalue weighted by molar-refractivity contribution is 5.31. The van der Waals surface area contributed by atoms with Crippen LogP contribution in [0.15, 0.2) is 34.9 Å². The van der Waals surface area contributed by atoms with Crippen molar-refractivity contribution >= 4 is 0 Å². The minimum atomic E-state index is -0.908. The Morgan fingerprint density at radius 2 is 2.06 bits per heavy atom. The van der Waals surface area contributed by atoms with Gasteiger partial charge < -0.3 is 10.2 Å². The molecule has 1 heterocycles. The Kier molecular flexibility index (Phi) is 2.75. The van der Waals surface area contributed by atoms with E-state index in [1.54, 1.807) is 13.0 Å².